The Bertz CT molecular complexity index is 1120. The summed E-state index contributed by atoms with van der Waals surface area (Å²) in [6.07, 6.45) is -2.14. The lowest BCUT2D eigenvalue weighted by molar-refractivity contribution is -0.141. The third-order valence-electron chi connectivity index (χ3n) is 4.17. The van der Waals surface area contributed by atoms with Gasteiger partial charge in [-0.25, -0.2) is 5.43 Å². The van der Waals surface area contributed by atoms with E-state index in [4.69, 9.17) is 21.1 Å². The van der Waals surface area contributed by atoms with E-state index in [9.17, 15) is 18.0 Å². The van der Waals surface area contributed by atoms with Crippen molar-refractivity contribution in [2.75, 3.05) is 7.11 Å². The summed E-state index contributed by atoms with van der Waals surface area (Å²) in [5.74, 6) is 0.307. The fraction of sp³-hybridized carbons (Fsp3) is 0.190. The van der Waals surface area contributed by atoms with Crippen LogP contribution in [0.2, 0.25) is 5.02 Å². The van der Waals surface area contributed by atoms with Crippen molar-refractivity contribution in [2.45, 2.75) is 19.3 Å². The molecule has 0 aliphatic heterocycles. The minimum absolute atomic E-state index is 0.253. The molecule has 11 heteroatoms. The van der Waals surface area contributed by atoms with Crippen molar-refractivity contribution >= 4 is 23.7 Å². The molecule has 0 unspecified atom stereocenters. The standard InChI is InChI=1S/C21H18ClF3N4O3/c1-31-18-10-14(6-7-17(18)32-13-15-4-2-3-5-16(15)22)11-26-27-20(30)12-29-9-8-19(28-29)21(23,24)25/h2-11H,12-13H2,1H3,(H,27,30)/b26-11+. The lowest BCUT2D eigenvalue weighted by Crippen LogP contribution is -2.23. The van der Waals surface area contributed by atoms with Gasteiger partial charge < -0.3 is 9.47 Å². The smallest absolute Gasteiger partial charge is 0.435 e. The molecule has 0 radical (unpaired) electrons. The molecule has 3 rings (SSSR count). The number of benzene rings is 2. The van der Waals surface area contributed by atoms with Gasteiger partial charge in [0.15, 0.2) is 17.2 Å². The van der Waals surface area contributed by atoms with Gasteiger partial charge in [-0.2, -0.15) is 23.4 Å². The highest BCUT2D eigenvalue weighted by molar-refractivity contribution is 6.31. The van der Waals surface area contributed by atoms with Crippen molar-refractivity contribution < 1.29 is 27.4 Å². The zero-order chi connectivity index (χ0) is 23.1. The molecule has 0 saturated heterocycles. The van der Waals surface area contributed by atoms with Gasteiger partial charge in [-0.05, 0) is 35.9 Å². The second-order valence-electron chi connectivity index (χ2n) is 6.48. The number of ether oxygens (including phenoxy) is 2. The van der Waals surface area contributed by atoms with E-state index in [-0.39, 0.29) is 6.61 Å². The average Bonchev–Trinajstić information content (AvgIpc) is 3.22. The minimum Gasteiger partial charge on any atom is -0.493 e. The molecule has 1 heterocycles. The molecule has 168 valence electrons. The molecule has 32 heavy (non-hydrogen) atoms. The first-order valence-electron chi connectivity index (χ1n) is 9.23. The second kappa shape index (κ2) is 10.2. The molecule has 0 atom stereocenters. The molecule has 0 spiro atoms. The second-order valence-corrected chi connectivity index (χ2v) is 6.89. The summed E-state index contributed by atoms with van der Waals surface area (Å²) in [6, 6.07) is 13.1. The lowest BCUT2D eigenvalue weighted by atomic mass is 10.2. The molecule has 0 aliphatic rings. The van der Waals surface area contributed by atoms with Crippen molar-refractivity contribution in [1.82, 2.24) is 15.2 Å². The summed E-state index contributed by atoms with van der Waals surface area (Å²) in [5, 5.41) is 7.70. The van der Waals surface area contributed by atoms with Crippen LogP contribution in [-0.4, -0.2) is 29.0 Å². The molecule has 7 nitrogen and oxygen atoms in total. The third kappa shape index (κ3) is 6.24. The normalized spacial score (nSPS) is 11.5. The molecule has 2 aromatic carbocycles. The number of nitrogens with zero attached hydrogens (tertiary/aromatic N) is 3. The van der Waals surface area contributed by atoms with Crippen molar-refractivity contribution in [1.29, 1.82) is 0 Å². The van der Waals surface area contributed by atoms with Crippen molar-refractivity contribution in [3.63, 3.8) is 0 Å². The Morgan fingerprint density at radius 2 is 2.00 bits per heavy atom. The van der Waals surface area contributed by atoms with Gasteiger partial charge in [0.1, 0.15) is 13.2 Å². The number of methoxy groups -OCH3 is 1. The predicted molar refractivity (Wildman–Crippen MR) is 112 cm³/mol. The lowest BCUT2D eigenvalue weighted by Gasteiger charge is -2.12. The van der Waals surface area contributed by atoms with Crippen LogP contribution >= 0.6 is 11.6 Å². The molecule has 0 fully saturated rings. The van der Waals surface area contributed by atoms with Crippen LogP contribution in [0, 0.1) is 0 Å². The van der Waals surface area contributed by atoms with E-state index in [0.29, 0.717) is 22.1 Å². The summed E-state index contributed by atoms with van der Waals surface area (Å²) in [6.45, 7) is -0.158. The van der Waals surface area contributed by atoms with Crippen LogP contribution in [0.15, 0.2) is 59.8 Å². The van der Waals surface area contributed by atoms with Gasteiger partial charge in [0.25, 0.3) is 5.91 Å². The van der Waals surface area contributed by atoms with Crippen LogP contribution in [0.4, 0.5) is 13.2 Å². The molecule has 3 aromatic rings. The Morgan fingerprint density at radius 1 is 1.22 bits per heavy atom. The van der Waals surface area contributed by atoms with E-state index in [1.165, 1.54) is 13.3 Å². The summed E-state index contributed by atoms with van der Waals surface area (Å²) in [5.41, 5.74) is 2.59. The van der Waals surface area contributed by atoms with Crippen molar-refractivity contribution in [3.8, 4) is 11.5 Å². The number of nitrogens with one attached hydrogen (secondary N) is 1. The first-order valence-corrected chi connectivity index (χ1v) is 9.61. The summed E-state index contributed by atoms with van der Waals surface area (Å²) in [7, 11) is 1.49. The Morgan fingerprint density at radius 3 is 2.69 bits per heavy atom. The molecule has 1 N–H and O–H groups in total. The Kier molecular flexibility index (Phi) is 7.37. The maximum Gasteiger partial charge on any atom is 0.435 e. The number of halogens is 4. The highest BCUT2D eigenvalue weighted by Gasteiger charge is 2.33. The fourth-order valence-corrected chi connectivity index (χ4v) is 2.81. The number of aromatic nitrogens is 2. The van der Waals surface area contributed by atoms with E-state index in [1.807, 2.05) is 18.2 Å². The monoisotopic (exact) mass is 466 g/mol. The van der Waals surface area contributed by atoms with E-state index in [1.54, 1.807) is 24.3 Å². The highest BCUT2D eigenvalue weighted by atomic mass is 35.5. The highest BCUT2D eigenvalue weighted by Crippen LogP contribution is 2.29. The summed E-state index contributed by atoms with van der Waals surface area (Å²) < 4.78 is 49.6. The number of hydrogen-bond donors (Lipinski definition) is 1. The SMILES string of the molecule is COc1cc(/C=N/NC(=O)Cn2ccc(C(F)(F)F)n2)ccc1OCc1ccccc1Cl. The number of carbonyl (C=O) groups excluding carboxylic acids is 1. The van der Waals surface area contributed by atoms with Crippen LogP contribution in [0.5, 0.6) is 11.5 Å². The van der Waals surface area contributed by atoms with E-state index in [0.717, 1.165) is 22.5 Å². The summed E-state index contributed by atoms with van der Waals surface area (Å²) in [4.78, 5) is 11.9. The van der Waals surface area contributed by atoms with Crippen LogP contribution in [0.25, 0.3) is 0 Å². The Labute approximate surface area is 186 Å². The average molecular weight is 467 g/mol. The molecule has 1 amide bonds. The van der Waals surface area contributed by atoms with Gasteiger partial charge in [-0.3, -0.25) is 9.48 Å². The maximum absolute atomic E-state index is 12.5. The minimum atomic E-state index is -4.57. The third-order valence-corrected chi connectivity index (χ3v) is 4.54. The van der Waals surface area contributed by atoms with Crippen molar-refractivity contribution in [3.05, 3.63) is 76.6 Å². The molecular weight excluding hydrogens is 449 g/mol. The maximum atomic E-state index is 12.5. The predicted octanol–water partition coefficient (Wildman–Crippen LogP) is 4.29. The summed E-state index contributed by atoms with van der Waals surface area (Å²) >= 11 is 6.13. The number of amides is 1. The number of carbonyl (C=O) groups is 1. The van der Waals surface area contributed by atoms with Gasteiger partial charge in [0, 0.05) is 16.8 Å². The van der Waals surface area contributed by atoms with Gasteiger partial charge in [0.05, 0.1) is 13.3 Å². The number of hydrazone groups is 1. The Hall–Kier alpha value is -3.53. The molecule has 1 aromatic heterocycles. The van der Waals surface area contributed by atoms with Crippen LogP contribution in [-0.2, 0) is 24.1 Å². The largest absolute Gasteiger partial charge is 0.493 e. The van der Waals surface area contributed by atoms with Gasteiger partial charge in [-0.15, -0.1) is 0 Å². The molecule has 0 saturated carbocycles. The van der Waals surface area contributed by atoms with E-state index in [2.05, 4.69) is 15.6 Å². The van der Waals surface area contributed by atoms with E-state index < -0.39 is 24.3 Å². The first-order chi connectivity index (χ1) is 15.3. The zero-order valence-electron chi connectivity index (χ0n) is 16.8. The van der Waals surface area contributed by atoms with Crippen LogP contribution in [0.3, 0.4) is 0 Å². The molecule has 0 aliphatic carbocycles. The number of hydrogen-bond acceptors (Lipinski definition) is 5. The topological polar surface area (TPSA) is 77.7 Å². The van der Waals surface area contributed by atoms with Crippen LogP contribution in [0.1, 0.15) is 16.8 Å². The number of alkyl halides is 3. The fourth-order valence-electron chi connectivity index (χ4n) is 2.62. The first kappa shape index (κ1) is 23.1. The molecule has 0 bridgehead atoms. The van der Waals surface area contributed by atoms with Gasteiger partial charge in [0.2, 0.25) is 0 Å². The van der Waals surface area contributed by atoms with Crippen LogP contribution < -0.4 is 14.9 Å². The quantitative estimate of drug-likeness (QED) is 0.397. The number of rotatable bonds is 8. The zero-order valence-corrected chi connectivity index (χ0v) is 17.5. The van der Waals surface area contributed by atoms with Gasteiger partial charge in [-0.1, -0.05) is 29.8 Å². The van der Waals surface area contributed by atoms with Crippen molar-refractivity contribution in [2.24, 2.45) is 5.10 Å². The van der Waals surface area contributed by atoms with E-state index >= 15 is 0 Å². The van der Waals surface area contributed by atoms with Gasteiger partial charge >= 0.3 is 6.18 Å². The Balaban J connectivity index is 1.56. The molecular formula is C21H18ClF3N4O3.